The van der Waals surface area contributed by atoms with E-state index in [2.05, 4.69) is 12.6 Å². The number of benzene rings is 2. The summed E-state index contributed by atoms with van der Waals surface area (Å²) in [5.74, 6) is -0.690. The third-order valence-electron chi connectivity index (χ3n) is 7.25. The van der Waals surface area contributed by atoms with Gasteiger partial charge in [0.2, 0.25) is 5.91 Å². The molecule has 0 aliphatic rings. The van der Waals surface area contributed by atoms with Crippen LogP contribution < -0.4 is 10.6 Å². The van der Waals surface area contributed by atoms with Crippen LogP contribution in [0.1, 0.15) is 39.0 Å². The number of esters is 1. The Morgan fingerprint density at radius 1 is 1.15 bits per heavy atom. The van der Waals surface area contributed by atoms with E-state index in [4.69, 9.17) is 15.5 Å². The number of hydrogen-bond acceptors (Lipinski definition) is 6. The van der Waals surface area contributed by atoms with Crippen molar-refractivity contribution in [2.75, 3.05) is 11.9 Å². The molecule has 4 rings (SSSR count). The quantitative estimate of drug-likeness (QED) is 0.213. The molecule has 40 heavy (non-hydrogen) atoms. The maximum Gasteiger partial charge on any atom is 0.325 e. The molecule has 0 fully saturated rings. The number of anilines is 1. The minimum atomic E-state index is -0.723. The zero-order valence-corrected chi connectivity index (χ0v) is 23.2. The minimum Gasteiger partial charge on any atom is -0.440 e. The Balaban J connectivity index is 1.82. The molecule has 0 radical (unpaired) electrons. The Morgan fingerprint density at radius 3 is 2.58 bits per heavy atom. The van der Waals surface area contributed by atoms with E-state index in [1.807, 2.05) is 73.1 Å². The molecular weight excluding hydrogens is 502 g/mol. The van der Waals surface area contributed by atoms with E-state index in [0.717, 1.165) is 39.7 Å². The van der Waals surface area contributed by atoms with Crippen LogP contribution in [0.5, 0.6) is 0 Å². The number of amides is 1. The van der Waals surface area contributed by atoms with Gasteiger partial charge in [0.15, 0.2) is 6.23 Å². The number of rotatable bonds is 9. The summed E-state index contributed by atoms with van der Waals surface area (Å²) in [4.78, 5) is 31.2. The number of carbonyl (C=O) groups excluding carboxylic acids is 2. The molecule has 3 unspecified atom stereocenters. The number of aromatic nitrogens is 2. The van der Waals surface area contributed by atoms with Crippen LogP contribution in [0.2, 0.25) is 0 Å². The highest BCUT2D eigenvalue weighted by atomic mass is 16.6. The SMILES string of the molecule is C=CC(=O)N(C)c1cccc(-c2cnc3c(c2)c(-c2cccc(C#N)c2)cn3C(C)OC(=O)C(N)C(C)CC)c1. The van der Waals surface area contributed by atoms with Gasteiger partial charge >= 0.3 is 5.97 Å². The number of carbonyl (C=O) groups is 2. The van der Waals surface area contributed by atoms with Gasteiger partial charge in [-0.1, -0.05) is 51.1 Å². The van der Waals surface area contributed by atoms with Crippen molar-refractivity contribution >= 4 is 28.6 Å². The van der Waals surface area contributed by atoms with Crippen molar-refractivity contribution in [1.82, 2.24) is 9.55 Å². The number of nitrogens with zero attached hydrogens (tertiary/aromatic N) is 4. The summed E-state index contributed by atoms with van der Waals surface area (Å²) in [6.07, 6.45) is 5.01. The number of ether oxygens (including phenoxy) is 1. The summed E-state index contributed by atoms with van der Waals surface area (Å²) in [7, 11) is 1.70. The van der Waals surface area contributed by atoms with Gasteiger partial charge in [0.05, 0.1) is 11.6 Å². The van der Waals surface area contributed by atoms with Crippen LogP contribution in [0.4, 0.5) is 5.69 Å². The van der Waals surface area contributed by atoms with Crippen molar-refractivity contribution in [2.45, 2.75) is 39.5 Å². The van der Waals surface area contributed by atoms with Gasteiger partial charge in [-0.25, -0.2) is 4.98 Å². The van der Waals surface area contributed by atoms with E-state index in [9.17, 15) is 14.9 Å². The summed E-state index contributed by atoms with van der Waals surface area (Å²) >= 11 is 0. The molecule has 204 valence electrons. The Morgan fingerprint density at radius 2 is 1.88 bits per heavy atom. The first-order valence-corrected chi connectivity index (χ1v) is 13.2. The lowest BCUT2D eigenvalue weighted by atomic mass is 10.0. The monoisotopic (exact) mass is 535 g/mol. The fourth-order valence-electron chi connectivity index (χ4n) is 4.50. The minimum absolute atomic E-state index is 0.0114. The zero-order chi connectivity index (χ0) is 29.0. The van der Waals surface area contributed by atoms with Crippen LogP contribution in [-0.2, 0) is 14.3 Å². The molecule has 2 N–H and O–H groups in total. The molecule has 0 aliphatic carbocycles. The standard InChI is InChI=1S/C32H33N5O3/c1-6-20(3)30(34)32(39)40-21(4)37-19-28(24-12-8-10-22(14-24)17-33)27-16-25(18-35-31(27)37)23-11-9-13-26(15-23)36(5)29(38)7-2/h7-16,18-21,30H,2,6,34H2,1,3-5H3. The van der Waals surface area contributed by atoms with Gasteiger partial charge in [-0.2, -0.15) is 5.26 Å². The summed E-state index contributed by atoms with van der Waals surface area (Å²) in [5, 5.41) is 10.3. The van der Waals surface area contributed by atoms with E-state index in [1.165, 1.54) is 11.0 Å². The number of likely N-dealkylation sites (N-methyl/N-ethyl adjacent to an activating group) is 1. The predicted octanol–water partition coefficient (Wildman–Crippen LogP) is 5.83. The molecule has 0 saturated carbocycles. The summed E-state index contributed by atoms with van der Waals surface area (Å²) in [5.41, 5.74) is 11.4. The first-order valence-electron chi connectivity index (χ1n) is 13.2. The fraction of sp³-hybridized carbons (Fsp3) is 0.250. The van der Waals surface area contributed by atoms with Crippen LogP contribution in [0.25, 0.3) is 33.3 Å². The van der Waals surface area contributed by atoms with Crippen molar-refractivity contribution in [3.63, 3.8) is 0 Å². The van der Waals surface area contributed by atoms with E-state index >= 15 is 0 Å². The van der Waals surface area contributed by atoms with Crippen molar-refractivity contribution in [3.05, 3.63) is 85.2 Å². The maximum atomic E-state index is 12.8. The van der Waals surface area contributed by atoms with Crippen LogP contribution in [0, 0.1) is 17.2 Å². The molecule has 2 heterocycles. The van der Waals surface area contributed by atoms with Crippen molar-refractivity contribution in [2.24, 2.45) is 11.7 Å². The second-order valence-corrected chi connectivity index (χ2v) is 9.84. The van der Waals surface area contributed by atoms with Gasteiger partial charge in [-0.05, 0) is 60.4 Å². The van der Waals surface area contributed by atoms with E-state index in [1.54, 1.807) is 26.2 Å². The normalized spacial score (nSPS) is 13.2. The molecule has 4 aromatic rings. The summed E-state index contributed by atoms with van der Waals surface area (Å²) in [6, 6.07) is 18.4. The Bertz CT molecular complexity index is 1620. The second-order valence-electron chi connectivity index (χ2n) is 9.84. The van der Waals surface area contributed by atoms with Gasteiger partial charge in [0.25, 0.3) is 0 Å². The molecule has 2 aromatic heterocycles. The molecular formula is C32H33N5O3. The maximum absolute atomic E-state index is 12.8. The number of nitrogens with two attached hydrogens (primary N) is 1. The molecule has 0 aliphatic heterocycles. The molecule has 1 amide bonds. The van der Waals surface area contributed by atoms with E-state index in [-0.39, 0.29) is 11.8 Å². The molecule has 3 atom stereocenters. The average Bonchev–Trinajstić information content (AvgIpc) is 3.38. The van der Waals surface area contributed by atoms with Gasteiger partial charge in [0.1, 0.15) is 11.7 Å². The van der Waals surface area contributed by atoms with Crippen LogP contribution in [-0.4, -0.2) is 34.5 Å². The molecule has 0 spiro atoms. The lowest BCUT2D eigenvalue weighted by Crippen LogP contribution is -2.38. The van der Waals surface area contributed by atoms with Crippen LogP contribution in [0.3, 0.4) is 0 Å². The van der Waals surface area contributed by atoms with Gasteiger partial charge < -0.3 is 15.4 Å². The smallest absolute Gasteiger partial charge is 0.325 e. The van der Waals surface area contributed by atoms with Crippen LogP contribution in [0.15, 0.2) is 79.6 Å². The van der Waals surface area contributed by atoms with Crippen molar-refractivity contribution < 1.29 is 14.3 Å². The average molecular weight is 536 g/mol. The van der Waals surface area contributed by atoms with E-state index in [0.29, 0.717) is 11.2 Å². The third-order valence-corrected chi connectivity index (χ3v) is 7.25. The molecule has 2 aromatic carbocycles. The highest BCUT2D eigenvalue weighted by Gasteiger charge is 2.25. The number of pyridine rings is 1. The third kappa shape index (κ3) is 5.65. The largest absolute Gasteiger partial charge is 0.440 e. The van der Waals surface area contributed by atoms with Gasteiger partial charge in [0, 0.05) is 41.6 Å². The first-order chi connectivity index (χ1) is 19.2. The molecule has 8 nitrogen and oxygen atoms in total. The summed E-state index contributed by atoms with van der Waals surface area (Å²) < 4.78 is 7.58. The topological polar surface area (TPSA) is 114 Å². The predicted molar refractivity (Wildman–Crippen MR) is 157 cm³/mol. The Hall–Kier alpha value is -4.74. The Labute approximate surface area is 234 Å². The lowest BCUT2D eigenvalue weighted by Gasteiger charge is -2.21. The van der Waals surface area contributed by atoms with Crippen LogP contribution >= 0.6 is 0 Å². The molecule has 0 bridgehead atoms. The second kappa shape index (κ2) is 12.0. The zero-order valence-electron chi connectivity index (χ0n) is 23.2. The number of hydrogen-bond donors (Lipinski definition) is 1. The molecule has 8 heteroatoms. The van der Waals surface area contributed by atoms with Crippen molar-refractivity contribution in [1.29, 1.82) is 5.26 Å². The Kier molecular flexibility index (Phi) is 8.46. The summed E-state index contributed by atoms with van der Waals surface area (Å²) in [6.45, 7) is 9.25. The molecule has 0 saturated heterocycles. The van der Waals surface area contributed by atoms with Crippen molar-refractivity contribution in [3.8, 4) is 28.3 Å². The number of nitriles is 1. The highest BCUT2D eigenvalue weighted by molar-refractivity contribution is 6.01. The lowest BCUT2D eigenvalue weighted by molar-refractivity contribution is -0.155. The van der Waals surface area contributed by atoms with Gasteiger partial charge in [-0.3, -0.25) is 14.2 Å². The van der Waals surface area contributed by atoms with Gasteiger partial charge in [-0.15, -0.1) is 0 Å². The first kappa shape index (κ1) is 28.3. The fourth-order valence-corrected chi connectivity index (χ4v) is 4.50. The number of fused-ring (bicyclic) bond motifs is 1. The van der Waals surface area contributed by atoms with E-state index < -0.39 is 18.2 Å². The highest BCUT2D eigenvalue weighted by Crippen LogP contribution is 2.35.